The zero-order valence-electron chi connectivity index (χ0n) is 6.57. The highest BCUT2D eigenvalue weighted by Gasteiger charge is 2.03. The number of hydrogen-bond donors (Lipinski definition) is 1. The lowest BCUT2D eigenvalue weighted by Crippen LogP contribution is -1.99. The largest absolute Gasteiger partial charge is 0.386 e. The first kappa shape index (κ1) is 8.88. The van der Waals surface area contributed by atoms with Crippen molar-refractivity contribution < 1.29 is 5.11 Å². The van der Waals surface area contributed by atoms with Crippen LogP contribution in [0.1, 0.15) is 12.8 Å². The predicted molar refractivity (Wildman–Crippen MR) is 50.5 cm³/mol. The Balaban J connectivity index is 2.07. The molecule has 0 aromatic heterocycles. The first-order valence-corrected chi connectivity index (χ1v) is 5.11. The summed E-state index contributed by atoms with van der Waals surface area (Å²) in [6.07, 6.45) is 11.0. The maximum Gasteiger partial charge on any atom is 0.0885 e. The van der Waals surface area contributed by atoms with Crippen molar-refractivity contribution in [3.8, 4) is 0 Å². The van der Waals surface area contributed by atoms with Gasteiger partial charge in [-0.05, 0) is 24.5 Å². The third-order valence-corrected chi connectivity index (χ3v) is 2.50. The quantitative estimate of drug-likeness (QED) is 0.515. The third-order valence-electron chi connectivity index (χ3n) is 1.79. The van der Waals surface area contributed by atoms with Crippen LogP contribution < -0.4 is 0 Å². The molecule has 11 heavy (non-hydrogen) atoms. The molecule has 2 heteroatoms. The topological polar surface area (TPSA) is 20.2 Å². The Kier molecular flexibility index (Phi) is 4.39. The lowest BCUT2D eigenvalue weighted by Gasteiger charge is -2.11. The maximum atomic E-state index is 8.53. The zero-order valence-corrected chi connectivity index (χ0v) is 7.39. The van der Waals surface area contributed by atoms with Crippen LogP contribution in [0.5, 0.6) is 0 Å². The van der Waals surface area contributed by atoms with Crippen LogP contribution in [0.2, 0.25) is 0 Å². The van der Waals surface area contributed by atoms with Crippen molar-refractivity contribution in [2.45, 2.75) is 12.8 Å². The molecule has 0 aromatic carbocycles. The molecule has 1 atom stereocenters. The van der Waals surface area contributed by atoms with Gasteiger partial charge in [0.15, 0.2) is 0 Å². The van der Waals surface area contributed by atoms with E-state index in [2.05, 4.69) is 24.3 Å². The van der Waals surface area contributed by atoms with Crippen LogP contribution in [0, 0.1) is 5.92 Å². The van der Waals surface area contributed by atoms with Crippen molar-refractivity contribution in [1.82, 2.24) is 0 Å². The Morgan fingerprint density at radius 3 is 3.00 bits per heavy atom. The van der Waals surface area contributed by atoms with Gasteiger partial charge in [0.25, 0.3) is 0 Å². The van der Waals surface area contributed by atoms with Crippen molar-refractivity contribution in [3.05, 3.63) is 24.3 Å². The summed E-state index contributed by atoms with van der Waals surface area (Å²) in [5.41, 5.74) is 0. The summed E-state index contributed by atoms with van der Waals surface area (Å²) < 4.78 is 0. The van der Waals surface area contributed by atoms with Gasteiger partial charge in [-0.25, -0.2) is 0 Å². The highest BCUT2D eigenvalue weighted by atomic mass is 32.2. The predicted octanol–water partition coefficient (Wildman–Crippen LogP) is 2.19. The summed E-state index contributed by atoms with van der Waals surface area (Å²) in [6.45, 7) is 0. The summed E-state index contributed by atoms with van der Waals surface area (Å²) in [7, 11) is 0. The molecule has 0 spiro atoms. The molecule has 1 aliphatic rings. The van der Waals surface area contributed by atoms with E-state index in [4.69, 9.17) is 5.11 Å². The number of thioether (sulfide) groups is 1. The summed E-state index contributed by atoms with van der Waals surface area (Å²) in [5, 5.41) is 8.53. The van der Waals surface area contributed by atoms with Gasteiger partial charge in [0, 0.05) is 0 Å². The van der Waals surface area contributed by atoms with E-state index in [-0.39, 0.29) is 5.94 Å². The molecular weight excluding hydrogens is 156 g/mol. The second-order valence-corrected chi connectivity index (χ2v) is 3.71. The van der Waals surface area contributed by atoms with E-state index in [1.807, 2.05) is 0 Å². The molecule has 1 aliphatic carbocycles. The molecule has 0 saturated carbocycles. The minimum absolute atomic E-state index is 0.256. The lowest BCUT2D eigenvalue weighted by atomic mass is 9.98. The molecule has 0 bridgehead atoms. The molecule has 0 amide bonds. The van der Waals surface area contributed by atoms with Gasteiger partial charge in [-0.2, -0.15) is 0 Å². The number of rotatable bonds is 4. The van der Waals surface area contributed by atoms with E-state index in [1.165, 1.54) is 12.8 Å². The van der Waals surface area contributed by atoms with Crippen LogP contribution in [0.4, 0.5) is 0 Å². The maximum absolute atomic E-state index is 8.53. The SMILES string of the molecule is OCSCCC1C=CC=CC1. The fourth-order valence-electron chi connectivity index (χ4n) is 1.15. The van der Waals surface area contributed by atoms with Crippen molar-refractivity contribution in [3.63, 3.8) is 0 Å². The fraction of sp³-hybridized carbons (Fsp3) is 0.556. The van der Waals surface area contributed by atoms with E-state index < -0.39 is 0 Å². The molecule has 1 unspecified atom stereocenters. The van der Waals surface area contributed by atoms with Gasteiger partial charge in [0.05, 0.1) is 5.94 Å². The molecule has 1 rings (SSSR count). The second-order valence-electron chi connectivity index (χ2n) is 2.63. The Bertz CT molecular complexity index is 152. The Morgan fingerprint density at radius 2 is 2.36 bits per heavy atom. The molecular formula is C9H14OS. The second kappa shape index (κ2) is 5.44. The minimum atomic E-state index is 0.256. The van der Waals surface area contributed by atoms with Crippen LogP contribution in [0.15, 0.2) is 24.3 Å². The highest BCUT2D eigenvalue weighted by molar-refractivity contribution is 7.99. The van der Waals surface area contributed by atoms with Crippen molar-refractivity contribution >= 4 is 11.8 Å². The first-order chi connectivity index (χ1) is 5.43. The minimum Gasteiger partial charge on any atom is -0.386 e. The van der Waals surface area contributed by atoms with E-state index in [0.29, 0.717) is 5.92 Å². The van der Waals surface area contributed by atoms with E-state index in [0.717, 1.165) is 5.75 Å². The van der Waals surface area contributed by atoms with Gasteiger partial charge in [0.2, 0.25) is 0 Å². The molecule has 62 valence electrons. The smallest absolute Gasteiger partial charge is 0.0885 e. The number of hydrogen-bond acceptors (Lipinski definition) is 2. The number of aliphatic hydroxyl groups excluding tert-OH is 1. The number of aliphatic hydroxyl groups is 1. The van der Waals surface area contributed by atoms with Gasteiger partial charge in [0.1, 0.15) is 0 Å². The summed E-state index contributed by atoms with van der Waals surface area (Å²) >= 11 is 1.60. The van der Waals surface area contributed by atoms with Gasteiger partial charge < -0.3 is 5.11 Å². The standard InChI is InChI=1S/C9H14OS/c10-8-11-7-6-9-4-2-1-3-5-9/h1-4,9-10H,5-8H2. The average Bonchev–Trinajstić information content (AvgIpc) is 2.07. The lowest BCUT2D eigenvalue weighted by molar-refractivity contribution is 0.375. The summed E-state index contributed by atoms with van der Waals surface area (Å²) in [4.78, 5) is 0. The molecule has 0 radical (unpaired) electrons. The molecule has 0 aromatic rings. The third kappa shape index (κ3) is 3.63. The van der Waals surface area contributed by atoms with Gasteiger partial charge in [-0.3, -0.25) is 0 Å². The van der Waals surface area contributed by atoms with Crippen LogP contribution in [-0.2, 0) is 0 Å². The Hall–Kier alpha value is -0.210. The first-order valence-electron chi connectivity index (χ1n) is 3.95. The van der Waals surface area contributed by atoms with Crippen LogP contribution in [-0.4, -0.2) is 16.8 Å². The monoisotopic (exact) mass is 170 g/mol. The molecule has 0 fully saturated rings. The molecule has 0 aliphatic heterocycles. The van der Waals surface area contributed by atoms with Crippen LogP contribution >= 0.6 is 11.8 Å². The molecule has 0 heterocycles. The van der Waals surface area contributed by atoms with Gasteiger partial charge in [-0.1, -0.05) is 24.3 Å². The zero-order chi connectivity index (χ0) is 7.94. The van der Waals surface area contributed by atoms with Gasteiger partial charge in [-0.15, -0.1) is 11.8 Å². The van der Waals surface area contributed by atoms with E-state index >= 15 is 0 Å². The highest BCUT2D eigenvalue weighted by Crippen LogP contribution is 2.17. The summed E-state index contributed by atoms with van der Waals surface area (Å²) in [5.74, 6) is 2.03. The Morgan fingerprint density at radius 1 is 1.45 bits per heavy atom. The molecule has 1 nitrogen and oxygen atoms in total. The van der Waals surface area contributed by atoms with Crippen LogP contribution in [0.25, 0.3) is 0 Å². The average molecular weight is 170 g/mol. The molecule has 0 saturated heterocycles. The normalized spacial score (nSPS) is 22.5. The van der Waals surface area contributed by atoms with E-state index in [1.54, 1.807) is 11.8 Å². The fourth-order valence-corrected chi connectivity index (χ4v) is 1.74. The Labute approximate surface area is 72.2 Å². The van der Waals surface area contributed by atoms with Crippen molar-refractivity contribution in [2.75, 3.05) is 11.7 Å². The van der Waals surface area contributed by atoms with Crippen LogP contribution in [0.3, 0.4) is 0 Å². The van der Waals surface area contributed by atoms with Crippen molar-refractivity contribution in [1.29, 1.82) is 0 Å². The van der Waals surface area contributed by atoms with Crippen molar-refractivity contribution in [2.24, 2.45) is 5.92 Å². The van der Waals surface area contributed by atoms with Gasteiger partial charge >= 0.3 is 0 Å². The summed E-state index contributed by atoms with van der Waals surface area (Å²) in [6, 6.07) is 0. The van der Waals surface area contributed by atoms with E-state index in [9.17, 15) is 0 Å². The molecule has 1 N–H and O–H groups in total. The number of allylic oxidation sites excluding steroid dienone is 4.